The maximum atomic E-state index is 14.5. The van der Waals surface area contributed by atoms with Gasteiger partial charge in [0.2, 0.25) is 5.91 Å². The standard InChI is InChI=1S/C23H23F2N7O/c1-15(33)26-8-10-30-14-16(12-28-30)21-13-27-22-6-7-23(29-32(21)22)31-9-2-3-20(31)18-11-17(24)4-5-19(18)25/h4-7,11-14,20H,2-3,8-10H2,1H3,(H,26,33). The van der Waals surface area contributed by atoms with Gasteiger partial charge >= 0.3 is 0 Å². The van der Waals surface area contributed by atoms with E-state index >= 15 is 0 Å². The van der Waals surface area contributed by atoms with Gasteiger partial charge in [0.1, 0.15) is 17.5 Å². The first-order valence-electron chi connectivity index (χ1n) is 10.8. The van der Waals surface area contributed by atoms with E-state index in [4.69, 9.17) is 5.10 Å². The number of carbonyl (C=O) groups is 1. The van der Waals surface area contributed by atoms with Gasteiger partial charge in [-0.1, -0.05) is 0 Å². The van der Waals surface area contributed by atoms with Crippen LogP contribution in [0.3, 0.4) is 0 Å². The third kappa shape index (κ3) is 4.15. The van der Waals surface area contributed by atoms with E-state index in [9.17, 15) is 13.6 Å². The van der Waals surface area contributed by atoms with Crippen LogP contribution in [0.4, 0.5) is 14.6 Å². The second kappa shape index (κ2) is 8.61. The summed E-state index contributed by atoms with van der Waals surface area (Å²) in [6, 6.07) is 7.03. The van der Waals surface area contributed by atoms with Crippen molar-refractivity contribution in [1.29, 1.82) is 0 Å². The van der Waals surface area contributed by atoms with E-state index < -0.39 is 11.6 Å². The van der Waals surface area contributed by atoms with Gasteiger partial charge in [-0.15, -0.1) is 5.10 Å². The SMILES string of the molecule is CC(=O)NCCn1cc(-c2cnc3ccc(N4CCCC4c4cc(F)ccc4F)nn23)cn1. The zero-order valence-corrected chi connectivity index (χ0v) is 18.1. The van der Waals surface area contributed by atoms with Crippen molar-refractivity contribution in [3.63, 3.8) is 0 Å². The van der Waals surface area contributed by atoms with E-state index in [2.05, 4.69) is 15.4 Å². The number of rotatable bonds is 6. The van der Waals surface area contributed by atoms with Crippen LogP contribution in [-0.4, -0.2) is 43.4 Å². The number of nitrogens with one attached hydrogen (secondary N) is 1. The van der Waals surface area contributed by atoms with Gasteiger partial charge in [0.05, 0.1) is 30.7 Å². The Bertz CT molecular complexity index is 1320. The van der Waals surface area contributed by atoms with Crippen molar-refractivity contribution in [2.45, 2.75) is 32.4 Å². The largest absolute Gasteiger partial charge is 0.354 e. The van der Waals surface area contributed by atoms with Crippen LogP contribution >= 0.6 is 0 Å². The van der Waals surface area contributed by atoms with Gasteiger partial charge < -0.3 is 10.2 Å². The van der Waals surface area contributed by atoms with Gasteiger partial charge in [0, 0.05) is 37.3 Å². The minimum absolute atomic E-state index is 0.0840. The van der Waals surface area contributed by atoms with Crippen LogP contribution in [0, 0.1) is 11.6 Å². The third-order valence-electron chi connectivity index (χ3n) is 5.86. The monoisotopic (exact) mass is 451 g/mol. The fourth-order valence-electron chi connectivity index (χ4n) is 4.31. The smallest absolute Gasteiger partial charge is 0.216 e. The molecule has 4 aromatic rings. The molecule has 170 valence electrons. The molecule has 10 heteroatoms. The number of aromatic nitrogens is 5. The summed E-state index contributed by atoms with van der Waals surface area (Å²) in [6.07, 6.45) is 6.91. The number of anilines is 1. The topological polar surface area (TPSA) is 80.4 Å². The quantitative estimate of drug-likeness (QED) is 0.486. The Labute approximate surface area is 188 Å². The maximum absolute atomic E-state index is 14.5. The molecule has 33 heavy (non-hydrogen) atoms. The molecule has 1 aromatic carbocycles. The Balaban J connectivity index is 1.44. The van der Waals surface area contributed by atoms with Crippen LogP contribution in [0.25, 0.3) is 16.9 Å². The molecular formula is C23H23F2N7O. The number of carbonyl (C=O) groups excluding carboxylic acids is 1. The highest BCUT2D eigenvalue weighted by molar-refractivity contribution is 5.72. The number of halogens is 2. The fourth-order valence-corrected chi connectivity index (χ4v) is 4.31. The molecule has 3 aromatic heterocycles. The Kier molecular flexibility index (Phi) is 5.49. The molecule has 0 saturated carbocycles. The second-order valence-electron chi connectivity index (χ2n) is 8.10. The first-order valence-corrected chi connectivity index (χ1v) is 10.8. The van der Waals surface area contributed by atoms with Gasteiger partial charge in [0.15, 0.2) is 5.65 Å². The Morgan fingerprint density at radius 1 is 1.21 bits per heavy atom. The van der Waals surface area contributed by atoms with E-state index in [0.717, 1.165) is 30.2 Å². The normalized spacial score (nSPS) is 16.0. The molecule has 0 spiro atoms. The predicted molar refractivity (Wildman–Crippen MR) is 119 cm³/mol. The zero-order valence-electron chi connectivity index (χ0n) is 18.1. The molecule has 0 aliphatic carbocycles. The summed E-state index contributed by atoms with van der Waals surface area (Å²) in [5.41, 5.74) is 2.63. The Morgan fingerprint density at radius 2 is 2.09 bits per heavy atom. The van der Waals surface area contributed by atoms with E-state index in [1.807, 2.05) is 23.2 Å². The molecule has 1 saturated heterocycles. The molecule has 0 radical (unpaired) electrons. The second-order valence-corrected chi connectivity index (χ2v) is 8.10. The summed E-state index contributed by atoms with van der Waals surface area (Å²) in [5, 5.41) is 11.9. The molecule has 1 N–H and O–H groups in total. The van der Waals surface area contributed by atoms with Crippen molar-refractivity contribution in [2.75, 3.05) is 18.0 Å². The van der Waals surface area contributed by atoms with E-state index in [0.29, 0.717) is 36.7 Å². The van der Waals surface area contributed by atoms with Crippen LogP contribution in [0.2, 0.25) is 0 Å². The molecule has 8 nitrogen and oxygen atoms in total. The number of nitrogens with zero attached hydrogens (tertiary/aromatic N) is 6. The number of benzene rings is 1. The van der Waals surface area contributed by atoms with Gasteiger partial charge in [-0.05, 0) is 43.2 Å². The van der Waals surface area contributed by atoms with Gasteiger partial charge in [-0.2, -0.15) is 5.10 Å². The first-order chi connectivity index (χ1) is 16.0. The molecule has 1 aliphatic heterocycles. The summed E-state index contributed by atoms with van der Waals surface area (Å²) in [4.78, 5) is 17.5. The maximum Gasteiger partial charge on any atom is 0.216 e. The lowest BCUT2D eigenvalue weighted by molar-refractivity contribution is -0.118. The van der Waals surface area contributed by atoms with Gasteiger partial charge in [-0.25, -0.2) is 18.3 Å². The molecule has 1 fully saturated rings. The van der Waals surface area contributed by atoms with Crippen molar-refractivity contribution in [1.82, 2.24) is 29.7 Å². The summed E-state index contributed by atoms with van der Waals surface area (Å²) in [7, 11) is 0. The average Bonchev–Trinajstić information content (AvgIpc) is 3.53. The molecule has 1 unspecified atom stereocenters. The van der Waals surface area contributed by atoms with Gasteiger partial charge in [-0.3, -0.25) is 9.48 Å². The molecular weight excluding hydrogens is 428 g/mol. The van der Waals surface area contributed by atoms with Crippen LogP contribution in [0.1, 0.15) is 31.4 Å². The molecule has 5 rings (SSSR count). The summed E-state index contributed by atoms with van der Waals surface area (Å²) < 4.78 is 31.8. The number of fused-ring (bicyclic) bond motifs is 1. The number of amides is 1. The number of imidazole rings is 1. The summed E-state index contributed by atoms with van der Waals surface area (Å²) >= 11 is 0. The van der Waals surface area contributed by atoms with Crippen molar-refractivity contribution in [2.24, 2.45) is 0 Å². The molecule has 4 heterocycles. The average molecular weight is 451 g/mol. The minimum Gasteiger partial charge on any atom is -0.354 e. The first kappa shape index (κ1) is 21.0. The zero-order chi connectivity index (χ0) is 22.9. The minimum atomic E-state index is -0.450. The van der Waals surface area contributed by atoms with Crippen LogP contribution in [-0.2, 0) is 11.3 Å². The lowest BCUT2D eigenvalue weighted by Crippen LogP contribution is -2.25. The summed E-state index contributed by atoms with van der Waals surface area (Å²) in [5.74, 6) is -0.274. The molecule has 1 aliphatic rings. The van der Waals surface area contributed by atoms with E-state index in [-0.39, 0.29) is 11.9 Å². The fraction of sp³-hybridized carbons (Fsp3) is 0.304. The van der Waals surface area contributed by atoms with Crippen LogP contribution < -0.4 is 10.2 Å². The lowest BCUT2D eigenvalue weighted by atomic mass is 10.0. The Morgan fingerprint density at radius 3 is 2.94 bits per heavy atom. The predicted octanol–water partition coefficient (Wildman–Crippen LogP) is 3.35. The van der Waals surface area contributed by atoms with E-state index in [1.165, 1.54) is 19.1 Å². The molecule has 1 atom stereocenters. The van der Waals surface area contributed by atoms with Crippen molar-refractivity contribution in [3.8, 4) is 11.3 Å². The third-order valence-corrected chi connectivity index (χ3v) is 5.86. The number of hydrogen-bond donors (Lipinski definition) is 1. The van der Waals surface area contributed by atoms with Crippen molar-refractivity contribution >= 4 is 17.4 Å². The van der Waals surface area contributed by atoms with Crippen LogP contribution in [0.15, 0.2) is 48.9 Å². The lowest BCUT2D eigenvalue weighted by Gasteiger charge is -2.26. The summed E-state index contributed by atoms with van der Waals surface area (Å²) in [6.45, 7) is 3.21. The van der Waals surface area contributed by atoms with E-state index in [1.54, 1.807) is 21.6 Å². The Hall–Kier alpha value is -3.82. The van der Waals surface area contributed by atoms with Crippen molar-refractivity contribution < 1.29 is 13.6 Å². The highest BCUT2D eigenvalue weighted by atomic mass is 19.1. The molecule has 1 amide bonds. The highest BCUT2D eigenvalue weighted by Gasteiger charge is 2.30. The highest BCUT2D eigenvalue weighted by Crippen LogP contribution is 2.37. The number of hydrogen-bond acceptors (Lipinski definition) is 5. The van der Waals surface area contributed by atoms with Gasteiger partial charge in [0.25, 0.3) is 0 Å². The van der Waals surface area contributed by atoms with Crippen molar-refractivity contribution in [3.05, 3.63) is 66.1 Å². The molecule has 0 bridgehead atoms. The van der Waals surface area contributed by atoms with Crippen LogP contribution in [0.5, 0.6) is 0 Å².